The van der Waals surface area contributed by atoms with Gasteiger partial charge < -0.3 is 15.4 Å². The van der Waals surface area contributed by atoms with Gasteiger partial charge in [0, 0.05) is 7.05 Å². The van der Waals surface area contributed by atoms with Crippen molar-refractivity contribution >= 4 is 11.8 Å². The van der Waals surface area contributed by atoms with E-state index in [4.69, 9.17) is 10.5 Å². The van der Waals surface area contributed by atoms with E-state index in [1.807, 2.05) is 14.0 Å². The van der Waals surface area contributed by atoms with E-state index in [0.29, 0.717) is 5.75 Å². The van der Waals surface area contributed by atoms with Crippen LogP contribution < -0.4 is 15.4 Å². The molecule has 2 heterocycles. The maximum atomic E-state index is 5.65. The number of nitrogen functional groups attached to an aromatic ring is 1. The zero-order chi connectivity index (χ0) is 10.3. The number of likely N-dealkylation sites (N-methyl/N-ethyl adjacent to an activating group) is 1. The Morgan fingerprint density at radius 3 is 2.93 bits per heavy atom. The molecule has 0 bridgehead atoms. The van der Waals surface area contributed by atoms with Gasteiger partial charge >= 0.3 is 0 Å². The Morgan fingerprint density at radius 1 is 1.50 bits per heavy atom. The van der Waals surface area contributed by atoms with Crippen LogP contribution in [0.25, 0.3) is 0 Å². The van der Waals surface area contributed by atoms with Crippen molar-refractivity contribution in [3.8, 4) is 5.75 Å². The quantitative estimate of drug-likeness (QED) is 0.657. The van der Waals surface area contributed by atoms with Crippen molar-refractivity contribution in [3.05, 3.63) is 6.20 Å². The van der Waals surface area contributed by atoms with Gasteiger partial charge in [-0.2, -0.15) is 4.98 Å². The molecule has 5 heteroatoms. The lowest BCUT2D eigenvalue weighted by Crippen LogP contribution is -2.44. The maximum absolute atomic E-state index is 5.65. The van der Waals surface area contributed by atoms with Crippen molar-refractivity contribution in [2.24, 2.45) is 0 Å². The van der Waals surface area contributed by atoms with E-state index in [9.17, 15) is 0 Å². The highest BCUT2D eigenvalue weighted by Gasteiger charge is 2.28. The highest BCUT2D eigenvalue weighted by atomic mass is 16.5. The second-order valence-electron chi connectivity index (χ2n) is 3.59. The lowest BCUT2D eigenvalue weighted by atomic mass is 10.1. The van der Waals surface area contributed by atoms with E-state index < -0.39 is 0 Å². The second kappa shape index (κ2) is 3.01. The molecule has 0 saturated carbocycles. The third-order valence-electron chi connectivity index (χ3n) is 2.69. The molecule has 2 N–H and O–H groups in total. The van der Waals surface area contributed by atoms with Crippen LogP contribution in [0.15, 0.2) is 6.20 Å². The Labute approximate surface area is 82.9 Å². The molecular formula is C9H14N4O. The Kier molecular flexibility index (Phi) is 1.94. The summed E-state index contributed by atoms with van der Waals surface area (Å²) in [6, 6.07) is 0.289. The molecule has 0 aliphatic carbocycles. The fraction of sp³-hybridized carbons (Fsp3) is 0.556. The van der Waals surface area contributed by atoms with E-state index in [0.717, 1.165) is 5.82 Å². The van der Waals surface area contributed by atoms with Crippen LogP contribution in [-0.2, 0) is 0 Å². The third kappa shape index (κ3) is 1.25. The van der Waals surface area contributed by atoms with Crippen LogP contribution >= 0.6 is 0 Å². The largest absolute Gasteiger partial charge is 0.483 e. The molecule has 0 fully saturated rings. The van der Waals surface area contributed by atoms with E-state index in [1.54, 1.807) is 6.20 Å². The van der Waals surface area contributed by atoms with Gasteiger partial charge in [0.2, 0.25) is 5.95 Å². The average molecular weight is 194 g/mol. The van der Waals surface area contributed by atoms with Crippen LogP contribution in [0.3, 0.4) is 0 Å². The van der Waals surface area contributed by atoms with Crippen LogP contribution in [-0.4, -0.2) is 29.2 Å². The molecular weight excluding hydrogens is 180 g/mol. The summed E-state index contributed by atoms with van der Waals surface area (Å²) in [5.41, 5.74) is 5.52. The molecule has 1 aliphatic heterocycles. The molecule has 1 aromatic rings. The summed E-state index contributed by atoms with van der Waals surface area (Å²) < 4.78 is 5.65. The van der Waals surface area contributed by atoms with E-state index in [-0.39, 0.29) is 18.1 Å². The molecule has 2 atom stereocenters. The Hall–Kier alpha value is -1.52. The predicted molar refractivity (Wildman–Crippen MR) is 54.4 cm³/mol. The van der Waals surface area contributed by atoms with Gasteiger partial charge in [0.05, 0.1) is 12.2 Å². The zero-order valence-corrected chi connectivity index (χ0v) is 8.56. The minimum atomic E-state index is 0.139. The number of ether oxygens (including phenoxy) is 1. The topological polar surface area (TPSA) is 64.3 Å². The summed E-state index contributed by atoms with van der Waals surface area (Å²) >= 11 is 0. The summed E-state index contributed by atoms with van der Waals surface area (Å²) in [5.74, 6) is 1.75. The van der Waals surface area contributed by atoms with Gasteiger partial charge in [-0.25, -0.2) is 4.98 Å². The Bertz CT molecular complexity index is 355. The van der Waals surface area contributed by atoms with Crippen LogP contribution in [0.5, 0.6) is 5.75 Å². The predicted octanol–water partition coefficient (Wildman–Crippen LogP) is 0.664. The van der Waals surface area contributed by atoms with Crippen molar-refractivity contribution in [1.82, 2.24) is 9.97 Å². The minimum absolute atomic E-state index is 0.139. The van der Waals surface area contributed by atoms with Gasteiger partial charge in [-0.3, -0.25) is 0 Å². The lowest BCUT2D eigenvalue weighted by molar-refractivity contribution is 0.177. The van der Waals surface area contributed by atoms with E-state index >= 15 is 0 Å². The first-order valence-electron chi connectivity index (χ1n) is 4.61. The van der Waals surface area contributed by atoms with E-state index in [2.05, 4.69) is 21.8 Å². The molecule has 0 saturated heterocycles. The molecule has 0 aromatic carbocycles. The fourth-order valence-electron chi connectivity index (χ4n) is 1.52. The van der Waals surface area contributed by atoms with Gasteiger partial charge in [-0.15, -0.1) is 0 Å². The number of nitrogens with two attached hydrogens (primary N) is 1. The molecule has 76 valence electrons. The molecule has 5 nitrogen and oxygen atoms in total. The van der Waals surface area contributed by atoms with Crippen LogP contribution in [0.1, 0.15) is 13.8 Å². The van der Waals surface area contributed by atoms with Gasteiger partial charge in [0.15, 0.2) is 11.6 Å². The SMILES string of the molecule is CC1Oc2cnc(N)nc2N(C)C1C. The molecule has 0 radical (unpaired) electrons. The summed E-state index contributed by atoms with van der Waals surface area (Å²) in [5, 5.41) is 0. The zero-order valence-electron chi connectivity index (χ0n) is 8.56. The first kappa shape index (κ1) is 9.05. The number of aromatic nitrogens is 2. The minimum Gasteiger partial charge on any atom is -0.483 e. The summed E-state index contributed by atoms with van der Waals surface area (Å²) in [7, 11) is 1.98. The lowest BCUT2D eigenvalue weighted by Gasteiger charge is -2.36. The van der Waals surface area contributed by atoms with Crippen molar-refractivity contribution in [1.29, 1.82) is 0 Å². The van der Waals surface area contributed by atoms with Crippen molar-refractivity contribution in [2.45, 2.75) is 26.0 Å². The Balaban J connectivity index is 2.46. The van der Waals surface area contributed by atoms with Crippen molar-refractivity contribution < 1.29 is 4.74 Å². The number of hydrogen-bond donors (Lipinski definition) is 1. The normalized spacial score (nSPS) is 25.5. The highest BCUT2D eigenvalue weighted by Crippen LogP contribution is 2.32. The smallest absolute Gasteiger partial charge is 0.222 e. The standard InChI is InChI=1S/C9H14N4O/c1-5-6(2)14-7-4-11-9(10)12-8(7)13(5)3/h4-6H,1-3H3,(H2,10,11,12). The molecule has 1 aliphatic rings. The molecule has 2 unspecified atom stereocenters. The van der Waals surface area contributed by atoms with Gasteiger partial charge in [-0.1, -0.05) is 0 Å². The number of nitrogens with zero attached hydrogens (tertiary/aromatic N) is 3. The van der Waals surface area contributed by atoms with Gasteiger partial charge in [0.1, 0.15) is 6.10 Å². The summed E-state index contributed by atoms with van der Waals surface area (Å²) in [4.78, 5) is 10.1. The summed E-state index contributed by atoms with van der Waals surface area (Å²) in [6.07, 6.45) is 1.76. The van der Waals surface area contributed by atoms with E-state index in [1.165, 1.54) is 0 Å². The van der Waals surface area contributed by atoms with Crippen molar-refractivity contribution in [2.75, 3.05) is 17.7 Å². The number of rotatable bonds is 0. The van der Waals surface area contributed by atoms with Gasteiger partial charge in [-0.05, 0) is 13.8 Å². The number of hydrogen-bond acceptors (Lipinski definition) is 5. The third-order valence-corrected chi connectivity index (χ3v) is 2.69. The number of fused-ring (bicyclic) bond motifs is 1. The van der Waals surface area contributed by atoms with Crippen LogP contribution in [0.4, 0.5) is 11.8 Å². The first-order chi connectivity index (χ1) is 6.59. The van der Waals surface area contributed by atoms with Crippen LogP contribution in [0.2, 0.25) is 0 Å². The average Bonchev–Trinajstić information content (AvgIpc) is 2.16. The number of anilines is 2. The van der Waals surface area contributed by atoms with Crippen LogP contribution in [0, 0.1) is 0 Å². The monoisotopic (exact) mass is 194 g/mol. The summed E-state index contributed by atoms with van der Waals surface area (Å²) in [6.45, 7) is 4.12. The van der Waals surface area contributed by atoms with Crippen molar-refractivity contribution in [3.63, 3.8) is 0 Å². The Morgan fingerprint density at radius 2 is 2.21 bits per heavy atom. The highest BCUT2D eigenvalue weighted by molar-refractivity contribution is 5.55. The van der Waals surface area contributed by atoms with Gasteiger partial charge in [0.25, 0.3) is 0 Å². The molecule has 14 heavy (non-hydrogen) atoms. The first-order valence-corrected chi connectivity index (χ1v) is 4.61. The molecule has 2 rings (SSSR count). The fourth-order valence-corrected chi connectivity index (χ4v) is 1.52. The molecule has 1 aromatic heterocycles. The molecule has 0 amide bonds. The second-order valence-corrected chi connectivity index (χ2v) is 3.59. The molecule has 0 spiro atoms. The maximum Gasteiger partial charge on any atom is 0.222 e.